The van der Waals surface area contributed by atoms with E-state index in [1.165, 1.54) is 19.3 Å². The third-order valence-electron chi connectivity index (χ3n) is 5.07. The molecule has 3 aromatic rings. The Bertz CT molecular complexity index is 956. The molecular formula is C23H28FN5O. The summed E-state index contributed by atoms with van der Waals surface area (Å²) in [5.41, 5.74) is 2.36. The first-order chi connectivity index (χ1) is 14.6. The van der Waals surface area contributed by atoms with Gasteiger partial charge in [0, 0.05) is 31.5 Å². The number of pyridine rings is 1. The first-order valence-electron chi connectivity index (χ1n) is 10.0. The van der Waals surface area contributed by atoms with Gasteiger partial charge in [-0.05, 0) is 62.9 Å². The first-order valence-corrected chi connectivity index (χ1v) is 10.0. The topological polar surface area (TPSA) is 71.0 Å². The smallest absolute Gasteiger partial charge is 0.211 e. The summed E-state index contributed by atoms with van der Waals surface area (Å²) in [5.74, 6) is 1.08. The standard InChI is InChI=1S/C12H10FN3O.C11H16N2.H2/c1-8-2-3-10(16-7-17)4-11(8)12-14-5-9(13)6-15-12;1-10-6-3-5-9-13(10)11-7-2-4-8-12-11;/h2-7H,1H3,(H,16,17);2,4,7-8,10H,3,5-6,9H2,1H3;1H/t;10-;/m.1./s1. The molecule has 6 nitrogen and oxygen atoms in total. The summed E-state index contributed by atoms with van der Waals surface area (Å²) >= 11 is 0. The summed E-state index contributed by atoms with van der Waals surface area (Å²) in [4.78, 5) is 25.0. The van der Waals surface area contributed by atoms with Gasteiger partial charge in [0.2, 0.25) is 6.41 Å². The second-order valence-corrected chi connectivity index (χ2v) is 7.24. The number of halogens is 1. The Morgan fingerprint density at radius 1 is 1.17 bits per heavy atom. The van der Waals surface area contributed by atoms with Gasteiger partial charge >= 0.3 is 0 Å². The number of anilines is 2. The summed E-state index contributed by atoms with van der Waals surface area (Å²) in [6, 6.07) is 12.1. The summed E-state index contributed by atoms with van der Waals surface area (Å²) < 4.78 is 12.7. The van der Waals surface area contributed by atoms with Crippen LogP contribution >= 0.6 is 0 Å². The lowest BCUT2D eigenvalue weighted by Gasteiger charge is -2.34. The number of hydrogen-bond donors (Lipinski definition) is 1. The molecule has 3 heterocycles. The minimum atomic E-state index is -0.478. The van der Waals surface area contributed by atoms with Crippen LogP contribution in [-0.4, -0.2) is 33.9 Å². The van der Waals surface area contributed by atoms with Gasteiger partial charge in [0.1, 0.15) is 5.82 Å². The van der Waals surface area contributed by atoms with Crippen molar-refractivity contribution in [2.75, 3.05) is 16.8 Å². The zero-order valence-corrected chi connectivity index (χ0v) is 17.3. The van der Waals surface area contributed by atoms with Crippen LogP contribution in [0.2, 0.25) is 0 Å². The predicted molar refractivity (Wildman–Crippen MR) is 119 cm³/mol. The number of amides is 1. The van der Waals surface area contributed by atoms with Crippen LogP contribution in [0.25, 0.3) is 11.4 Å². The number of rotatable bonds is 4. The molecule has 0 bridgehead atoms. The van der Waals surface area contributed by atoms with E-state index in [-0.39, 0.29) is 1.43 Å². The average Bonchev–Trinajstić information content (AvgIpc) is 2.77. The Morgan fingerprint density at radius 2 is 1.97 bits per heavy atom. The molecule has 1 aliphatic rings. The van der Waals surface area contributed by atoms with Crippen molar-refractivity contribution >= 4 is 17.9 Å². The van der Waals surface area contributed by atoms with Crippen molar-refractivity contribution in [2.24, 2.45) is 0 Å². The fourth-order valence-electron chi connectivity index (χ4n) is 3.43. The quantitative estimate of drug-likeness (QED) is 0.623. The maximum absolute atomic E-state index is 12.7. The minimum absolute atomic E-state index is 0. The van der Waals surface area contributed by atoms with Crippen molar-refractivity contribution in [1.82, 2.24) is 15.0 Å². The van der Waals surface area contributed by atoms with E-state index < -0.39 is 5.82 Å². The van der Waals surface area contributed by atoms with Gasteiger partial charge < -0.3 is 10.2 Å². The van der Waals surface area contributed by atoms with Gasteiger partial charge in [0.15, 0.2) is 11.6 Å². The average molecular weight is 410 g/mol. The second-order valence-electron chi connectivity index (χ2n) is 7.24. The summed E-state index contributed by atoms with van der Waals surface area (Å²) in [7, 11) is 0. The zero-order chi connectivity index (χ0) is 21.3. The Morgan fingerprint density at radius 3 is 2.63 bits per heavy atom. The number of benzene rings is 1. The summed E-state index contributed by atoms with van der Waals surface area (Å²) in [6.07, 6.45) is 8.67. The van der Waals surface area contributed by atoms with Crippen LogP contribution in [0, 0.1) is 12.7 Å². The van der Waals surface area contributed by atoms with E-state index in [9.17, 15) is 9.18 Å². The highest BCUT2D eigenvalue weighted by Gasteiger charge is 2.18. The van der Waals surface area contributed by atoms with Crippen molar-refractivity contribution in [3.8, 4) is 11.4 Å². The Labute approximate surface area is 177 Å². The molecule has 1 saturated heterocycles. The van der Waals surface area contributed by atoms with Gasteiger partial charge in [-0.15, -0.1) is 0 Å². The predicted octanol–water partition coefficient (Wildman–Crippen LogP) is 4.87. The lowest BCUT2D eigenvalue weighted by atomic mass is 10.0. The molecule has 0 saturated carbocycles. The lowest BCUT2D eigenvalue weighted by molar-refractivity contribution is -0.105. The highest BCUT2D eigenvalue weighted by Crippen LogP contribution is 2.23. The highest BCUT2D eigenvalue weighted by molar-refractivity contribution is 5.75. The van der Waals surface area contributed by atoms with E-state index in [1.54, 1.807) is 12.1 Å². The summed E-state index contributed by atoms with van der Waals surface area (Å²) in [5, 5.41) is 2.55. The number of hydrogen-bond acceptors (Lipinski definition) is 5. The fraction of sp³-hybridized carbons (Fsp3) is 0.304. The largest absolute Gasteiger partial charge is 0.354 e. The fourth-order valence-corrected chi connectivity index (χ4v) is 3.43. The van der Waals surface area contributed by atoms with E-state index in [2.05, 4.69) is 44.2 Å². The van der Waals surface area contributed by atoms with Gasteiger partial charge in [-0.1, -0.05) is 12.1 Å². The van der Waals surface area contributed by atoms with Crippen molar-refractivity contribution in [3.63, 3.8) is 0 Å². The van der Waals surface area contributed by atoms with Crippen LogP contribution in [0.5, 0.6) is 0 Å². The van der Waals surface area contributed by atoms with E-state index in [4.69, 9.17) is 0 Å². The lowest BCUT2D eigenvalue weighted by Crippen LogP contribution is -2.37. The molecule has 30 heavy (non-hydrogen) atoms. The van der Waals surface area contributed by atoms with Crippen LogP contribution in [-0.2, 0) is 4.79 Å². The SMILES string of the molecule is C[C@@H]1CCCCN1c1ccccn1.Cc1ccc(NC=O)cc1-c1ncc(F)cn1.[HH]. The van der Waals surface area contributed by atoms with Gasteiger partial charge in [-0.25, -0.2) is 19.3 Å². The molecule has 4 rings (SSSR count). The number of carbonyl (C=O) groups excluding carboxylic acids is 1. The van der Waals surface area contributed by atoms with Crippen molar-refractivity contribution in [3.05, 3.63) is 66.4 Å². The van der Waals surface area contributed by atoms with Crippen LogP contribution < -0.4 is 10.2 Å². The molecule has 7 heteroatoms. The third-order valence-corrected chi connectivity index (χ3v) is 5.07. The number of nitrogens with one attached hydrogen (secondary N) is 1. The highest BCUT2D eigenvalue weighted by atomic mass is 19.1. The molecule has 1 atom stereocenters. The van der Waals surface area contributed by atoms with E-state index in [1.807, 2.05) is 25.3 Å². The number of aromatic nitrogens is 3. The molecule has 0 aliphatic carbocycles. The number of piperidine rings is 1. The van der Waals surface area contributed by atoms with E-state index in [0.29, 0.717) is 24.0 Å². The molecule has 1 N–H and O–H groups in total. The minimum Gasteiger partial charge on any atom is -0.354 e. The monoisotopic (exact) mass is 409 g/mol. The van der Waals surface area contributed by atoms with Gasteiger partial charge in [-0.2, -0.15) is 0 Å². The molecule has 1 fully saturated rings. The van der Waals surface area contributed by atoms with Gasteiger partial charge in [0.05, 0.1) is 12.4 Å². The van der Waals surface area contributed by atoms with E-state index in [0.717, 1.165) is 35.9 Å². The van der Waals surface area contributed by atoms with Crippen molar-refractivity contribution in [1.29, 1.82) is 0 Å². The number of aryl methyl sites for hydroxylation is 1. The third kappa shape index (κ3) is 5.59. The molecule has 0 spiro atoms. The van der Waals surface area contributed by atoms with Crippen LogP contribution in [0.1, 0.15) is 33.2 Å². The molecule has 1 aromatic carbocycles. The summed E-state index contributed by atoms with van der Waals surface area (Å²) in [6.45, 7) is 5.35. The molecule has 2 aromatic heterocycles. The van der Waals surface area contributed by atoms with Crippen LogP contribution in [0.3, 0.4) is 0 Å². The van der Waals surface area contributed by atoms with Gasteiger partial charge in [0.25, 0.3) is 0 Å². The van der Waals surface area contributed by atoms with Crippen LogP contribution in [0.15, 0.2) is 55.0 Å². The molecule has 0 unspecified atom stereocenters. The number of nitrogens with zero attached hydrogens (tertiary/aromatic N) is 4. The Hall–Kier alpha value is -3.35. The maximum Gasteiger partial charge on any atom is 0.211 e. The zero-order valence-electron chi connectivity index (χ0n) is 17.3. The molecule has 158 valence electrons. The second kappa shape index (κ2) is 10.4. The maximum atomic E-state index is 12.7. The molecule has 0 radical (unpaired) electrons. The molecular weight excluding hydrogens is 381 g/mol. The van der Waals surface area contributed by atoms with Crippen LogP contribution in [0.4, 0.5) is 15.9 Å². The molecule has 1 aliphatic heterocycles. The Balaban J connectivity index is 0.000000220. The first kappa shape index (κ1) is 21.4. The normalized spacial score (nSPS) is 15.7. The van der Waals surface area contributed by atoms with Crippen molar-refractivity contribution in [2.45, 2.75) is 39.2 Å². The van der Waals surface area contributed by atoms with Gasteiger partial charge in [-0.3, -0.25) is 4.79 Å². The number of carbonyl (C=O) groups is 1. The van der Waals surface area contributed by atoms with E-state index >= 15 is 0 Å². The molecule has 1 amide bonds. The van der Waals surface area contributed by atoms with Crippen molar-refractivity contribution < 1.29 is 10.6 Å². The Kier molecular flexibility index (Phi) is 7.43.